The van der Waals surface area contributed by atoms with E-state index in [-0.39, 0.29) is 11.3 Å². The lowest BCUT2D eigenvalue weighted by molar-refractivity contribution is -0.112. The molecule has 0 bridgehead atoms. The molecule has 1 aromatic heterocycles. The van der Waals surface area contributed by atoms with E-state index in [4.69, 9.17) is 0 Å². The van der Waals surface area contributed by atoms with E-state index in [1.807, 2.05) is 43.5 Å². The molecule has 0 aliphatic heterocycles. The summed E-state index contributed by atoms with van der Waals surface area (Å²) in [5, 5.41) is 22.3. The van der Waals surface area contributed by atoms with Crippen molar-refractivity contribution in [1.29, 1.82) is 5.26 Å². The van der Waals surface area contributed by atoms with Crippen molar-refractivity contribution in [1.82, 2.24) is 4.57 Å². The first-order chi connectivity index (χ1) is 12.1. The van der Waals surface area contributed by atoms with Gasteiger partial charge < -0.3 is 15.0 Å². The Labute approximate surface area is 145 Å². The van der Waals surface area contributed by atoms with Gasteiger partial charge in [0.05, 0.1) is 0 Å². The van der Waals surface area contributed by atoms with Crippen LogP contribution in [0.2, 0.25) is 0 Å². The molecule has 0 unspecified atom stereocenters. The number of rotatable bonds is 4. The Morgan fingerprint density at radius 3 is 2.64 bits per heavy atom. The number of carbonyl (C=O) groups excluding carboxylic acids is 1. The number of hydrogen-bond acceptors (Lipinski definition) is 3. The van der Waals surface area contributed by atoms with E-state index in [0.29, 0.717) is 5.69 Å². The second kappa shape index (κ2) is 6.93. The summed E-state index contributed by atoms with van der Waals surface area (Å²) in [6, 6.07) is 15.9. The number of benzene rings is 2. The van der Waals surface area contributed by atoms with E-state index < -0.39 is 5.91 Å². The standard InChI is InChI=1S/C20H17N3O2/c1-2-23-13-15(18-5-3-4-6-19(18)23)11-14(12-21)20(25)22-16-7-9-17(24)10-8-16/h3-11,13,24H,2H2,1H3,(H,22,25)/b14-11-. The van der Waals surface area contributed by atoms with Gasteiger partial charge in [-0.3, -0.25) is 4.79 Å². The van der Waals surface area contributed by atoms with Crippen LogP contribution < -0.4 is 5.32 Å². The molecule has 0 aliphatic rings. The molecule has 1 heterocycles. The molecule has 0 saturated carbocycles. The second-order valence-corrected chi connectivity index (χ2v) is 5.56. The first-order valence-corrected chi connectivity index (χ1v) is 7.92. The van der Waals surface area contributed by atoms with E-state index in [0.717, 1.165) is 23.0 Å². The van der Waals surface area contributed by atoms with Gasteiger partial charge in [0.25, 0.3) is 5.91 Å². The maximum Gasteiger partial charge on any atom is 0.266 e. The largest absolute Gasteiger partial charge is 0.508 e. The van der Waals surface area contributed by atoms with Crippen LogP contribution in [0.3, 0.4) is 0 Å². The third-order valence-corrected chi connectivity index (χ3v) is 3.95. The predicted molar refractivity (Wildman–Crippen MR) is 97.9 cm³/mol. The summed E-state index contributed by atoms with van der Waals surface area (Å²) in [4.78, 5) is 12.4. The summed E-state index contributed by atoms with van der Waals surface area (Å²) in [6.45, 7) is 2.85. The summed E-state index contributed by atoms with van der Waals surface area (Å²) in [7, 11) is 0. The van der Waals surface area contributed by atoms with Crippen LogP contribution in [0.15, 0.2) is 60.3 Å². The molecule has 0 fully saturated rings. The van der Waals surface area contributed by atoms with Gasteiger partial charge in [-0.1, -0.05) is 18.2 Å². The van der Waals surface area contributed by atoms with Gasteiger partial charge in [0.15, 0.2) is 0 Å². The van der Waals surface area contributed by atoms with Gasteiger partial charge in [-0.15, -0.1) is 0 Å². The van der Waals surface area contributed by atoms with Crippen molar-refractivity contribution in [2.45, 2.75) is 13.5 Å². The highest BCUT2D eigenvalue weighted by atomic mass is 16.3. The summed E-state index contributed by atoms with van der Waals surface area (Å²) >= 11 is 0. The molecule has 5 heteroatoms. The Morgan fingerprint density at radius 1 is 1.24 bits per heavy atom. The van der Waals surface area contributed by atoms with Crippen molar-refractivity contribution in [3.05, 3.63) is 65.9 Å². The molecule has 0 atom stereocenters. The fourth-order valence-electron chi connectivity index (χ4n) is 2.70. The van der Waals surface area contributed by atoms with Crippen LogP contribution in [0, 0.1) is 11.3 Å². The second-order valence-electron chi connectivity index (χ2n) is 5.56. The number of nitrogens with zero attached hydrogens (tertiary/aromatic N) is 2. The molecule has 124 valence electrons. The minimum atomic E-state index is -0.485. The van der Waals surface area contributed by atoms with Crippen molar-refractivity contribution in [2.75, 3.05) is 5.32 Å². The minimum Gasteiger partial charge on any atom is -0.508 e. The molecule has 5 nitrogen and oxygen atoms in total. The van der Waals surface area contributed by atoms with Crippen molar-refractivity contribution < 1.29 is 9.90 Å². The van der Waals surface area contributed by atoms with Gasteiger partial charge >= 0.3 is 0 Å². The molecule has 1 amide bonds. The monoisotopic (exact) mass is 331 g/mol. The maximum absolute atomic E-state index is 12.4. The van der Waals surface area contributed by atoms with Gasteiger partial charge in [0.1, 0.15) is 17.4 Å². The normalized spacial score (nSPS) is 11.3. The van der Waals surface area contributed by atoms with Crippen molar-refractivity contribution in [3.63, 3.8) is 0 Å². The number of aromatic hydroxyl groups is 1. The number of aromatic nitrogens is 1. The van der Waals surface area contributed by atoms with Crippen molar-refractivity contribution >= 4 is 28.6 Å². The summed E-state index contributed by atoms with van der Waals surface area (Å²) in [6.07, 6.45) is 3.54. The van der Waals surface area contributed by atoms with Crippen molar-refractivity contribution in [2.24, 2.45) is 0 Å². The number of phenolic OH excluding ortho intramolecular Hbond substituents is 1. The SMILES string of the molecule is CCn1cc(/C=C(/C#N)C(=O)Nc2ccc(O)cc2)c2ccccc21. The fourth-order valence-corrected chi connectivity index (χ4v) is 2.70. The molecule has 0 saturated heterocycles. The third kappa shape index (κ3) is 3.38. The number of hydrogen-bond donors (Lipinski definition) is 2. The van der Waals surface area contributed by atoms with Gasteiger partial charge in [-0.2, -0.15) is 5.26 Å². The van der Waals surface area contributed by atoms with E-state index in [1.165, 1.54) is 12.1 Å². The predicted octanol–water partition coefficient (Wildman–Crippen LogP) is 3.91. The molecule has 25 heavy (non-hydrogen) atoms. The van der Waals surface area contributed by atoms with Crippen LogP contribution in [0.5, 0.6) is 5.75 Å². The Balaban J connectivity index is 1.94. The minimum absolute atomic E-state index is 0.0204. The van der Waals surface area contributed by atoms with Crippen LogP contribution in [-0.4, -0.2) is 15.6 Å². The average molecular weight is 331 g/mol. The fraction of sp³-hybridized carbons (Fsp3) is 0.100. The van der Waals surface area contributed by atoms with Crippen LogP contribution in [0.1, 0.15) is 12.5 Å². The summed E-state index contributed by atoms with van der Waals surface area (Å²) in [5.41, 5.74) is 2.43. The van der Waals surface area contributed by atoms with Gasteiger partial charge in [-0.25, -0.2) is 0 Å². The maximum atomic E-state index is 12.4. The Kier molecular flexibility index (Phi) is 4.53. The highest BCUT2D eigenvalue weighted by molar-refractivity contribution is 6.10. The molecule has 0 aliphatic carbocycles. The average Bonchev–Trinajstić information content (AvgIpc) is 2.99. The Hall–Kier alpha value is -3.52. The van der Waals surface area contributed by atoms with Gasteiger partial charge in [0.2, 0.25) is 0 Å². The van der Waals surface area contributed by atoms with E-state index in [1.54, 1.807) is 18.2 Å². The lowest BCUT2D eigenvalue weighted by atomic mass is 10.1. The van der Waals surface area contributed by atoms with Crippen molar-refractivity contribution in [3.8, 4) is 11.8 Å². The zero-order valence-corrected chi connectivity index (χ0v) is 13.7. The third-order valence-electron chi connectivity index (χ3n) is 3.95. The van der Waals surface area contributed by atoms with Crippen LogP contribution in [-0.2, 0) is 11.3 Å². The quantitative estimate of drug-likeness (QED) is 0.432. The summed E-state index contributed by atoms with van der Waals surface area (Å²) in [5.74, 6) is -0.372. The number of para-hydroxylation sites is 1. The molecular formula is C20H17N3O2. The zero-order chi connectivity index (χ0) is 17.8. The number of carbonyl (C=O) groups is 1. The number of amides is 1. The molecule has 3 aromatic rings. The molecular weight excluding hydrogens is 314 g/mol. The number of phenols is 1. The zero-order valence-electron chi connectivity index (χ0n) is 13.7. The van der Waals surface area contributed by atoms with E-state index in [9.17, 15) is 15.2 Å². The number of fused-ring (bicyclic) bond motifs is 1. The molecule has 2 aromatic carbocycles. The van der Waals surface area contributed by atoms with Gasteiger partial charge in [0, 0.05) is 34.9 Å². The number of aryl methyl sites for hydroxylation is 1. The number of nitriles is 1. The highest BCUT2D eigenvalue weighted by Crippen LogP contribution is 2.24. The Morgan fingerprint density at radius 2 is 1.96 bits per heavy atom. The highest BCUT2D eigenvalue weighted by Gasteiger charge is 2.12. The molecule has 3 rings (SSSR count). The van der Waals surface area contributed by atoms with Crippen LogP contribution >= 0.6 is 0 Å². The lowest BCUT2D eigenvalue weighted by Crippen LogP contribution is -2.13. The summed E-state index contributed by atoms with van der Waals surface area (Å²) < 4.78 is 2.08. The van der Waals surface area contributed by atoms with E-state index in [2.05, 4.69) is 9.88 Å². The van der Waals surface area contributed by atoms with Crippen LogP contribution in [0.25, 0.3) is 17.0 Å². The van der Waals surface area contributed by atoms with Crippen LogP contribution in [0.4, 0.5) is 5.69 Å². The lowest BCUT2D eigenvalue weighted by Gasteiger charge is -2.04. The first kappa shape index (κ1) is 16.3. The smallest absolute Gasteiger partial charge is 0.266 e. The number of nitrogens with one attached hydrogen (secondary N) is 1. The molecule has 0 radical (unpaired) electrons. The number of anilines is 1. The molecule has 0 spiro atoms. The first-order valence-electron chi connectivity index (χ1n) is 7.92. The topological polar surface area (TPSA) is 78.0 Å². The Bertz CT molecular complexity index is 992. The molecule has 2 N–H and O–H groups in total. The van der Waals surface area contributed by atoms with Gasteiger partial charge in [-0.05, 0) is 43.3 Å². The van der Waals surface area contributed by atoms with E-state index >= 15 is 0 Å².